The lowest BCUT2D eigenvalue weighted by Gasteiger charge is -2.29. The van der Waals surface area contributed by atoms with Gasteiger partial charge in [0, 0.05) is 34.2 Å². The third-order valence-corrected chi connectivity index (χ3v) is 7.14. The van der Waals surface area contributed by atoms with Gasteiger partial charge in [0.1, 0.15) is 11.4 Å². The molecule has 0 aliphatic carbocycles. The third-order valence-electron chi connectivity index (χ3n) is 4.25. The van der Waals surface area contributed by atoms with Gasteiger partial charge in [-0.3, -0.25) is 10.1 Å². The van der Waals surface area contributed by atoms with Crippen LogP contribution >= 0.6 is 0 Å². The van der Waals surface area contributed by atoms with Crippen LogP contribution in [0.3, 0.4) is 0 Å². The Kier molecular flexibility index (Phi) is 7.82. The molecule has 0 bridgehead atoms. The maximum atomic E-state index is 12.4. The highest BCUT2D eigenvalue weighted by atomic mass is 28.4. The van der Waals surface area contributed by atoms with Crippen LogP contribution in [0.5, 0.6) is 0 Å². The van der Waals surface area contributed by atoms with Crippen molar-refractivity contribution in [1.29, 1.82) is 0 Å². The van der Waals surface area contributed by atoms with Crippen LogP contribution in [0.2, 0.25) is 6.04 Å². The van der Waals surface area contributed by atoms with Crippen LogP contribution in [0.4, 0.5) is 0 Å². The number of nitrogens with one attached hydrogen (secondary N) is 1. The summed E-state index contributed by atoms with van der Waals surface area (Å²) < 4.78 is 16.5. The van der Waals surface area contributed by atoms with E-state index in [4.69, 9.17) is 13.3 Å². The zero-order chi connectivity index (χ0) is 17.5. The predicted octanol–water partition coefficient (Wildman–Crippen LogP) is 1.16. The summed E-state index contributed by atoms with van der Waals surface area (Å²) in [5, 5.41) is 3.38. The normalized spacial score (nSPS) is 20.7. The number of hydrogen-bond acceptors (Lipinski definition) is 6. The highest BCUT2D eigenvalue weighted by Gasteiger charge is 2.61. The van der Waals surface area contributed by atoms with Gasteiger partial charge in [0.05, 0.1) is 12.6 Å². The molecule has 0 aromatic rings. The largest absolute Gasteiger partial charge is 0.504 e. The lowest BCUT2D eigenvalue weighted by molar-refractivity contribution is -0.127. The summed E-state index contributed by atoms with van der Waals surface area (Å²) >= 11 is 0. The lowest BCUT2D eigenvalue weighted by Crippen LogP contribution is -2.52. The van der Waals surface area contributed by atoms with Crippen molar-refractivity contribution in [1.82, 2.24) is 10.2 Å². The van der Waals surface area contributed by atoms with Gasteiger partial charge in [0.15, 0.2) is 0 Å². The Hall–Kier alpha value is -0.803. The number of amides is 1. The van der Waals surface area contributed by atoms with E-state index in [-0.39, 0.29) is 11.7 Å². The van der Waals surface area contributed by atoms with Crippen molar-refractivity contribution in [2.75, 3.05) is 34.4 Å². The van der Waals surface area contributed by atoms with E-state index in [1.54, 1.807) is 28.3 Å². The lowest BCUT2D eigenvalue weighted by atomic mass is 10.1. The molecular weight excluding hydrogens is 316 g/mol. The summed E-state index contributed by atoms with van der Waals surface area (Å²) in [5.41, 5.74) is -0.430. The van der Waals surface area contributed by atoms with E-state index in [2.05, 4.69) is 5.32 Å². The third kappa shape index (κ3) is 5.35. The standard InChI is InChI=1S/C15H30N2O5Si/c1-6-16-15(12-23(20-3,21-4)22-5)11-17(15)14(19)10-8-7-9-13(2)18/h16H,6-12H2,1-5H3. The van der Waals surface area contributed by atoms with Gasteiger partial charge in [-0.05, 0) is 26.3 Å². The molecule has 0 saturated carbocycles. The Morgan fingerprint density at radius 2 is 1.70 bits per heavy atom. The van der Waals surface area contributed by atoms with Gasteiger partial charge in [-0.2, -0.15) is 0 Å². The topological polar surface area (TPSA) is 76.9 Å². The number of ketones is 1. The highest BCUT2D eigenvalue weighted by Crippen LogP contribution is 2.38. The first-order valence-corrected chi connectivity index (χ1v) is 10.0. The van der Waals surface area contributed by atoms with Crippen molar-refractivity contribution in [2.24, 2.45) is 0 Å². The van der Waals surface area contributed by atoms with Gasteiger partial charge in [0.2, 0.25) is 5.91 Å². The molecule has 1 atom stereocenters. The second kappa shape index (κ2) is 8.88. The molecule has 23 heavy (non-hydrogen) atoms. The van der Waals surface area contributed by atoms with Crippen LogP contribution in [0, 0.1) is 0 Å². The van der Waals surface area contributed by atoms with Gasteiger partial charge in [-0.1, -0.05) is 6.92 Å². The molecule has 1 N–H and O–H groups in total. The Balaban J connectivity index is 2.60. The number of Topliss-reactive ketones (excluding diaryl/α,β-unsaturated/α-hetero) is 1. The minimum absolute atomic E-state index is 0.0979. The van der Waals surface area contributed by atoms with Crippen molar-refractivity contribution in [3.05, 3.63) is 0 Å². The number of unbranched alkanes of at least 4 members (excludes halogenated alkanes) is 1. The molecule has 0 radical (unpaired) electrons. The fourth-order valence-electron chi connectivity index (χ4n) is 2.86. The Bertz CT molecular complexity index is 408. The molecule has 1 aliphatic heterocycles. The van der Waals surface area contributed by atoms with Crippen LogP contribution < -0.4 is 5.32 Å². The molecule has 0 spiro atoms. The van der Waals surface area contributed by atoms with Crippen LogP contribution in [0.25, 0.3) is 0 Å². The van der Waals surface area contributed by atoms with E-state index in [1.807, 2.05) is 11.8 Å². The Labute approximate surface area is 140 Å². The number of rotatable bonds is 12. The molecule has 1 fully saturated rings. The maximum Gasteiger partial charge on any atom is 0.504 e. The summed E-state index contributed by atoms with van der Waals surface area (Å²) in [4.78, 5) is 25.1. The number of carbonyl (C=O) groups excluding carboxylic acids is 2. The highest BCUT2D eigenvalue weighted by molar-refractivity contribution is 6.61. The van der Waals surface area contributed by atoms with Crippen LogP contribution in [0.15, 0.2) is 0 Å². The van der Waals surface area contributed by atoms with E-state index < -0.39 is 14.5 Å². The van der Waals surface area contributed by atoms with Gasteiger partial charge >= 0.3 is 8.80 Å². The molecule has 8 heteroatoms. The fourth-order valence-corrected chi connectivity index (χ4v) is 4.93. The van der Waals surface area contributed by atoms with Crippen molar-refractivity contribution in [3.63, 3.8) is 0 Å². The van der Waals surface area contributed by atoms with E-state index in [0.29, 0.717) is 25.4 Å². The van der Waals surface area contributed by atoms with Crippen molar-refractivity contribution < 1.29 is 22.9 Å². The SMILES string of the molecule is CCNC1(C[Si](OC)(OC)OC)CN1C(=O)CCCCC(C)=O. The molecule has 134 valence electrons. The molecule has 1 unspecified atom stereocenters. The summed E-state index contributed by atoms with van der Waals surface area (Å²) in [6, 6.07) is 0.524. The second-order valence-corrected chi connectivity index (χ2v) is 8.87. The minimum atomic E-state index is -2.77. The first-order valence-electron chi connectivity index (χ1n) is 8.09. The molecule has 0 aromatic heterocycles. The Morgan fingerprint density at radius 3 is 2.17 bits per heavy atom. The number of hydrogen-bond donors (Lipinski definition) is 1. The summed E-state index contributed by atoms with van der Waals surface area (Å²) in [6.45, 7) is 4.96. The predicted molar refractivity (Wildman–Crippen MR) is 88.9 cm³/mol. The van der Waals surface area contributed by atoms with Crippen molar-refractivity contribution >= 4 is 20.5 Å². The molecular formula is C15H30N2O5Si. The maximum absolute atomic E-state index is 12.4. The molecule has 1 aliphatic rings. The molecule has 1 saturated heterocycles. The molecule has 0 aromatic carbocycles. The Morgan fingerprint density at radius 1 is 1.13 bits per heavy atom. The zero-order valence-corrected chi connectivity index (χ0v) is 15.9. The molecule has 1 heterocycles. The van der Waals surface area contributed by atoms with Crippen LogP contribution in [-0.2, 0) is 22.9 Å². The number of likely N-dealkylation sites (N-methyl/N-ethyl adjacent to an activating group) is 1. The average Bonchev–Trinajstić information content (AvgIpc) is 3.23. The smallest absolute Gasteiger partial charge is 0.377 e. The fraction of sp³-hybridized carbons (Fsp3) is 0.867. The average molecular weight is 347 g/mol. The quantitative estimate of drug-likeness (QED) is 0.325. The monoisotopic (exact) mass is 346 g/mol. The van der Waals surface area contributed by atoms with Gasteiger partial charge < -0.3 is 23.0 Å². The summed E-state index contributed by atoms with van der Waals surface area (Å²) in [7, 11) is 1.97. The molecule has 1 rings (SSSR count). The van der Waals surface area contributed by atoms with Gasteiger partial charge in [-0.15, -0.1) is 0 Å². The first-order chi connectivity index (χ1) is 10.9. The minimum Gasteiger partial charge on any atom is -0.377 e. The van der Waals surface area contributed by atoms with E-state index in [1.165, 1.54) is 0 Å². The van der Waals surface area contributed by atoms with Crippen LogP contribution in [-0.4, -0.2) is 65.5 Å². The van der Waals surface area contributed by atoms with E-state index in [9.17, 15) is 9.59 Å². The molecule has 7 nitrogen and oxygen atoms in total. The van der Waals surface area contributed by atoms with Crippen LogP contribution in [0.1, 0.15) is 39.5 Å². The van der Waals surface area contributed by atoms with Gasteiger partial charge in [0.25, 0.3) is 0 Å². The van der Waals surface area contributed by atoms with E-state index in [0.717, 1.165) is 19.4 Å². The van der Waals surface area contributed by atoms with Gasteiger partial charge in [-0.25, -0.2) is 0 Å². The first kappa shape index (κ1) is 20.2. The summed E-state index contributed by atoms with van der Waals surface area (Å²) in [5.74, 6) is 0.267. The second-order valence-electron chi connectivity index (χ2n) is 5.92. The number of nitrogens with zero attached hydrogens (tertiary/aromatic N) is 1. The number of carbonyl (C=O) groups is 2. The molecule has 1 amide bonds. The zero-order valence-electron chi connectivity index (χ0n) is 14.9. The van der Waals surface area contributed by atoms with E-state index >= 15 is 0 Å². The van der Waals surface area contributed by atoms with Crippen molar-refractivity contribution in [3.8, 4) is 0 Å². The summed E-state index contributed by atoms with van der Waals surface area (Å²) in [6.07, 6.45) is 2.50. The van der Waals surface area contributed by atoms with Crippen molar-refractivity contribution in [2.45, 2.75) is 51.2 Å².